The van der Waals surface area contributed by atoms with Gasteiger partial charge in [0.25, 0.3) is 5.56 Å². The van der Waals surface area contributed by atoms with Gasteiger partial charge in [-0.2, -0.15) is 0 Å². The topological polar surface area (TPSA) is 70.3 Å². The predicted octanol–water partition coefficient (Wildman–Crippen LogP) is -0.810. The molecule has 0 aromatic carbocycles. The first-order valence-electron chi connectivity index (χ1n) is 4.88. The van der Waals surface area contributed by atoms with Gasteiger partial charge in [0.05, 0.1) is 13.0 Å². The Bertz CT molecular complexity index is 513. The second-order valence-electron chi connectivity index (χ2n) is 3.39. The summed E-state index contributed by atoms with van der Waals surface area (Å²) in [5.41, 5.74) is -0.628. The van der Waals surface area contributed by atoms with Crippen LogP contribution < -0.4 is 11.2 Å². The molecule has 6 heteroatoms. The Morgan fingerprint density at radius 2 is 2.00 bits per heavy atom. The van der Waals surface area contributed by atoms with E-state index in [9.17, 15) is 14.4 Å². The number of ether oxygens (including phenoxy) is 1. The monoisotopic (exact) mass is 226 g/mol. The van der Waals surface area contributed by atoms with Crippen LogP contribution in [0.2, 0.25) is 0 Å². The van der Waals surface area contributed by atoms with Crippen molar-refractivity contribution in [2.45, 2.75) is 13.3 Å². The highest BCUT2D eigenvalue weighted by Crippen LogP contribution is 1.92. The number of rotatable bonds is 3. The van der Waals surface area contributed by atoms with E-state index in [1.54, 1.807) is 6.92 Å². The number of carbonyl (C=O) groups excluding carboxylic acids is 1. The van der Waals surface area contributed by atoms with E-state index in [1.165, 1.54) is 24.9 Å². The highest BCUT2D eigenvalue weighted by molar-refractivity contribution is 5.72. The molecular weight excluding hydrogens is 212 g/mol. The number of hydrogen-bond acceptors (Lipinski definition) is 4. The van der Waals surface area contributed by atoms with E-state index in [4.69, 9.17) is 4.74 Å². The maximum atomic E-state index is 11.6. The fourth-order valence-electron chi connectivity index (χ4n) is 1.37. The average molecular weight is 226 g/mol. The fourth-order valence-corrected chi connectivity index (χ4v) is 1.37. The molecule has 0 unspecified atom stereocenters. The van der Waals surface area contributed by atoms with Gasteiger partial charge in [-0.05, 0) is 6.92 Å². The molecule has 1 aromatic heterocycles. The van der Waals surface area contributed by atoms with Crippen LogP contribution in [-0.2, 0) is 30.0 Å². The molecule has 1 heterocycles. The first-order chi connectivity index (χ1) is 7.47. The molecule has 0 N–H and O–H groups in total. The second kappa shape index (κ2) is 4.78. The van der Waals surface area contributed by atoms with Gasteiger partial charge in [0.1, 0.15) is 0 Å². The quantitative estimate of drug-likeness (QED) is 0.632. The molecule has 0 aliphatic carbocycles. The molecule has 0 fully saturated rings. The van der Waals surface area contributed by atoms with Crippen molar-refractivity contribution in [2.75, 3.05) is 6.61 Å². The number of nitrogens with zero attached hydrogens (tertiary/aromatic N) is 2. The summed E-state index contributed by atoms with van der Waals surface area (Å²) in [6, 6.07) is 0. The number of aromatic nitrogens is 2. The van der Waals surface area contributed by atoms with Crippen molar-refractivity contribution in [2.24, 2.45) is 14.1 Å². The van der Waals surface area contributed by atoms with Crippen LogP contribution in [0, 0.1) is 0 Å². The van der Waals surface area contributed by atoms with Gasteiger partial charge in [-0.1, -0.05) is 0 Å². The summed E-state index contributed by atoms with van der Waals surface area (Å²) in [5, 5.41) is 0. The Kier molecular flexibility index (Phi) is 3.65. The Labute approximate surface area is 92.1 Å². The van der Waals surface area contributed by atoms with Crippen molar-refractivity contribution < 1.29 is 9.53 Å². The Morgan fingerprint density at radius 3 is 2.56 bits per heavy atom. The lowest BCUT2D eigenvalue weighted by Crippen LogP contribution is -2.39. The summed E-state index contributed by atoms with van der Waals surface area (Å²) in [7, 11) is 2.90. The first kappa shape index (κ1) is 12.2. The van der Waals surface area contributed by atoms with Crippen LogP contribution in [-0.4, -0.2) is 21.7 Å². The third kappa shape index (κ3) is 2.39. The van der Waals surface area contributed by atoms with Crippen LogP contribution in [0.25, 0.3) is 0 Å². The van der Waals surface area contributed by atoms with Gasteiger partial charge in [-0.15, -0.1) is 0 Å². The molecule has 0 saturated heterocycles. The van der Waals surface area contributed by atoms with E-state index in [1.807, 2.05) is 0 Å². The fraction of sp³-hybridized carbons (Fsp3) is 0.500. The highest BCUT2D eigenvalue weighted by atomic mass is 16.5. The number of aryl methyl sites for hydroxylation is 1. The minimum Gasteiger partial charge on any atom is -0.466 e. The third-order valence-electron chi connectivity index (χ3n) is 2.16. The molecule has 0 aliphatic rings. The molecule has 6 nitrogen and oxygen atoms in total. The molecule has 0 atom stereocenters. The molecule has 16 heavy (non-hydrogen) atoms. The highest BCUT2D eigenvalue weighted by Gasteiger charge is 2.11. The third-order valence-corrected chi connectivity index (χ3v) is 2.16. The lowest BCUT2D eigenvalue weighted by molar-refractivity contribution is -0.142. The minimum absolute atomic E-state index is 0.116. The van der Waals surface area contributed by atoms with Crippen LogP contribution in [0.15, 0.2) is 15.8 Å². The molecule has 0 saturated carbocycles. The average Bonchev–Trinajstić information content (AvgIpc) is 2.23. The van der Waals surface area contributed by atoms with Crippen molar-refractivity contribution in [1.29, 1.82) is 0 Å². The Morgan fingerprint density at radius 1 is 1.38 bits per heavy atom. The molecule has 1 aromatic rings. The van der Waals surface area contributed by atoms with E-state index in [0.29, 0.717) is 0 Å². The van der Waals surface area contributed by atoms with Crippen LogP contribution in [0.4, 0.5) is 0 Å². The van der Waals surface area contributed by atoms with Gasteiger partial charge < -0.3 is 9.30 Å². The zero-order valence-electron chi connectivity index (χ0n) is 9.52. The van der Waals surface area contributed by atoms with Crippen LogP contribution >= 0.6 is 0 Å². The summed E-state index contributed by atoms with van der Waals surface area (Å²) in [5.74, 6) is -0.474. The molecule has 0 aliphatic heterocycles. The molecule has 0 bridgehead atoms. The van der Waals surface area contributed by atoms with Gasteiger partial charge in [0.2, 0.25) is 0 Å². The standard InChI is InChI=1S/C10H14N2O4/c1-4-16-8(13)5-7-6-11(2)10(15)12(3)9(7)14/h6H,4-5H2,1-3H3. The molecule has 1 rings (SSSR count). The van der Waals surface area contributed by atoms with Crippen molar-refractivity contribution in [3.8, 4) is 0 Å². The maximum Gasteiger partial charge on any atom is 0.330 e. The maximum absolute atomic E-state index is 11.6. The largest absolute Gasteiger partial charge is 0.466 e. The van der Waals surface area contributed by atoms with Crippen molar-refractivity contribution in [3.63, 3.8) is 0 Å². The van der Waals surface area contributed by atoms with Gasteiger partial charge in [0.15, 0.2) is 0 Å². The van der Waals surface area contributed by atoms with Gasteiger partial charge in [-0.25, -0.2) is 4.79 Å². The number of esters is 1. The minimum atomic E-state index is -0.474. The van der Waals surface area contributed by atoms with Crippen LogP contribution in [0.5, 0.6) is 0 Å². The van der Waals surface area contributed by atoms with Crippen molar-refractivity contribution >= 4 is 5.97 Å². The predicted molar refractivity (Wildman–Crippen MR) is 57.3 cm³/mol. The number of hydrogen-bond donors (Lipinski definition) is 0. The van der Waals surface area contributed by atoms with E-state index in [-0.39, 0.29) is 18.6 Å². The first-order valence-corrected chi connectivity index (χ1v) is 4.88. The van der Waals surface area contributed by atoms with Crippen LogP contribution in [0.1, 0.15) is 12.5 Å². The lowest BCUT2D eigenvalue weighted by Gasteiger charge is -2.06. The van der Waals surface area contributed by atoms with E-state index in [0.717, 1.165) is 4.57 Å². The second-order valence-corrected chi connectivity index (χ2v) is 3.39. The van der Waals surface area contributed by atoms with E-state index >= 15 is 0 Å². The summed E-state index contributed by atoms with van der Waals surface area (Å²) < 4.78 is 6.96. The molecule has 88 valence electrons. The summed E-state index contributed by atoms with van der Waals surface area (Å²) in [6.45, 7) is 1.96. The van der Waals surface area contributed by atoms with Crippen molar-refractivity contribution in [3.05, 3.63) is 32.6 Å². The van der Waals surface area contributed by atoms with Crippen LogP contribution in [0.3, 0.4) is 0 Å². The molecule has 0 amide bonds. The smallest absolute Gasteiger partial charge is 0.330 e. The molecular formula is C10H14N2O4. The van der Waals surface area contributed by atoms with E-state index < -0.39 is 17.2 Å². The Balaban J connectivity index is 3.12. The molecule has 0 radical (unpaired) electrons. The zero-order valence-corrected chi connectivity index (χ0v) is 9.52. The van der Waals surface area contributed by atoms with Gasteiger partial charge >= 0.3 is 11.7 Å². The SMILES string of the molecule is CCOC(=O)Cc1cn(C)c(=O)n(C)c1=O. The lowest BCUT2D eigenvalue weighted by atomic mass is 10.2. The van der Waals surface area contributed by atoms with Gasteiger partial charge in [-0.3, -0.25) is 14.2 Å². The summed E-state index contributed by atoms with van der Waals surface area (Å²) >= 11 is 0. The number of carbonyl (C=O) groups is 1. The van der Waals surface area contributed by atoms with Gasteiger partial charge in [0, 0.05) is 25.9 Å². The summed E-state index contributed by atoms with van der Waals surface area (Å²) in [4.78, 5) is 34.2. The zero-order chi connectivity index (χ0) is 12.3. The molecule has 0 spiro atoms. The summed E-state index contributed by atoms with van der Waals surface area (Å²) in [6.07, 6.45) is 1.25. The van der Waals surface area contributed by atoms with Crippen molar-refractivity contribution in [1.82, 2.24) is 9.13 Å². The van der Waals surface area contributed by atoms with E-state index in [2.05, 4.69) is 0 Å². The normalized spacial score (nSPS) is 10.2. The Hall–Kier alpha value is -1.85.